The maximum absolute atomic E-state index is 12.3. The van der Waals surface area contributed by atoms with E-state index in [9.17, 15) is 9.90 Å². The first kappa shape index (κ1) is 24.3. The van der Waals surface area contributed by atoms with Gasteiger partial charge in [-0.05, 0) is 59.3 Å². The molecule has 0 saturated carbocycles. The van der Waals surface area contributed by atoms with E-state index < -0.39 is 21.0 Å². The smallest absolute Gasteiger partial charge is 0.251 e. The van der Waals surface area contributed by atoms with Gasteiger partial charge in [-0.25, -0.2) is 0 Å². The van der Waals surface area contributed by atoms with E-state index in [0.717, 1.165) is 17.0 Å². The second-order valence-corrected chi connectivity index (χ2v) is 9.47. The summed E-state index contributed by atoms with van der Waals surface area (Å²) >= 11 is -0.444. The zero-order chi connectivity index (χ0) is 23.8. The van der Waals surface area contributed by atoms with Crippen LogP contribution in [0.15, 0.2) is 78.2 Å². The van der Waals surface area contributed by atoms with Gasteiger partial charge in [-0.2, -0.15) is 5.26 Å². The Hall–Kier alpha value is -3.32. The summed E-state index contributed by atoms with van der Waals surface area (Å²) in [6.07, 6.45) is 2.62. The number of allylic oxidation sites excluding steroid dienone is 4. The maximum Gasteiger partial charge on any atom is 0.251 e. The van der Waals surface area contributed by atoms with Crippen molar-refractivity contribution in [1.29, 1.82) is 5.26 Å². The number of phenols is 1. The molecule has 1 heterocycles. The number of rotatable bonds is 9. The van der Waals surface area contributed by atoms with Crippen LogP contribution in [-0.4, -0.2) is 39.1 Å². The molecule has 0 aliphatic carbocycles. The van der Waals surface area contributed by atoms with E-state index in [1.54, 1.807) is 36.4 Å². The van der Waals surface area contributed by atoms with Gasteiger partial charge in [-0.1, -0.05) is 30.3 Å². The molecule has 2 radical (unpaired) electrons. The molecule has 0 aromatic heterocycles. The first-order chi connectivity index (χ1) is 15.9. The number of amides is 1. The zero-order valence-corrected chi connectivity index (χ0v) is 20.5. The Kier molecular flexibility index (Phi) is 8.49. The van der Waals surface area contributed by atoms with E-state index in [0.29, 0.717) is 41.8 Å². The number of phenolic OH excluding ortho intramolecular Hbond substituents is 1. The number of halogens is 1. The van der Waals surface area contributed by atoms with Gasteiger partial charge in [-0.15, -0.1) is 0 Å². The molecule has 166 valence electrons. The first-order valence-corrected chi connectivity index (χ1v) is 12.6. The molecule has 0 unspecified atom stereocenters. The van der Waals surface area contributed by atoms with Crippen molar-refractivity contribution in [3.8, 4) is 11.8 Å². The van der Waals surface area contributed by atoms with Crippen LogP contribution in [0.1, 0.15) is 34.8 Å². The summed E-state index contributed by atoms with van der Waals surface area (Å²) in [4.78, 5) is 12.3. The molecule has 8 heteroatoms. The fourth-order valence-corrected chi connectivity index (χ4v) is 5.41. The van der Waals surface area contributed by atoms with Crippen LogP contribution in [-0.2, 0) is 0 Å². The molecular weight excluding hydrogens is 526 g/mol. The highest BCUT2D eigenvalue weighted by molar-refractivity contribution is 14.2. The lowest BCUT2D eigenvalue weighted by Gasteiger charge is -2.23. The average Bonchev–Trinajstić information content (AvgIpc) is 3.16. The van der Waals surface area contributed by atoms with E-state index in [-0.39, 0.29) is 11.7 Å². The van der Waals surface area contributed by atoms with Gasteiger partial charge in [0, 0.05) is 50.9 Å². The second kappa shape index (κ2) is 11.5. The van der Waals surface area contributed by atoms with Crippen molar-refractivity contribution in [2.45, 2.75) is 13.3 Å². The number of carbonyl (C=O) groups excluding carboxylic acids is 1. The summed E-state index contributed by atoms with van der Waals surface area (Å²) in [7, 11) is 6.08. The fourth-order valence-electron chi connectivity index (χ4n) is 3.07. The summed E-state index contributed by atoms with van der Waals surface area (Å²) in [6.45, 7) is 7.23. The van der Waals surface area contributed by atoms with E-state index in [4.69, 9.17) is 13.1 Å². The van der Waals surface area contributed by atoms with Crippen LogP contribution in [0.25, 0.3) is 5.57 Å². The first-order valence-electron chi connectivity index (χ1n) is 10.3. The van der Waals surface area contributed by atoms with Crippen molar-refractivity contribution in [1.82, 2.24) is 13.7 Å². The number of hydrogen-bond donors (Lipinski definition) is 3. The highest BCUT2D eigenvalue weighted by Gasteiger charge is 2.16. The third-order valence-corrected chi connectivity index (χ3v) is 7.72. The predicted molar refractivity (Wildman–Crippen MR) is 142 cm³/mol. The molecule has 2 aromatic rings. The summed E-state index contributed by atoms with van der Waals surface area (Å²) in [5.74, 6) is 0.872. The van der Waals surface area contributed by atoms with Crippen LogP contribution in [0.3, 0.4) is 0 Å². The van der Waals surface area contributed by atoms with Crippen LogP contribution in [0.4, 0.5) is 0 Å². The van der Waals surface area contributed by atoms with Crippen LogP contribution in [0.5, 0.6) is 5.75 Å². The predicted octanol–water partition coefficient (Wildman–Crippen LogP) is 3.93. The largest absolute Gasteiger partial charge is 0.507 e. The summed E-state index contributed by atoms with van der Waals surface area (Å²) in [6, 6.07) is 15.7. The molecule has 0 atom stereocenters. The van der Waals surface area contributed by atoms with Crippen LogP contribution >= 0.6 is 21.0 Å². The molecule has 0 bridgehead atoms. The van der Waals surface area contributed by atoms with Gasteiger partial charge >= 0.3 is 0 Å². The lowest BCUT2D eigenvalue weighted by Crippen LogP contribution is -2.29. The van der Waals surface area contributed by atoms with Crippen molar-refractivity contribution >= 4 is 44.3 Å². The molecule has 1 amide bonds. The van der Waals surface area contributed by atoms with E-state index in [1.165, 1.54) is 0 Å². The fraction of sp³-hybridized carbons (Fsp3) is 0.160. The molecule has 3 N–H and O–H groups in total. The Morgan fingerprint density at radius 2 is 1.91 bits per heavy atom. The number of hydrogen-bond acceptors (Lipinski definition) is 5. The van der Waals surface area contributed by atoms with Crippen molar-refractivity contribution < 1.29 is 9.90 Å². The van der Waals surface area contributed by atoms with Gasteiger partial charge < -0.3 is 15.7 Å². The number of nitrogens with one attached hydrogen (secondary N) is 2. The second-order valence-electron chi connectivity index (χ2n) is 7.33. The molecule has 0 fully saturated rings. The minimum atomic E-state index is -0.444. The topological polar surface area (TPSA) is 88.4 Å². The number of nitrogens with zero attached hydrogens (tertiary/aromatic N) is 2. The van der Waals surface area contributed by atoms with Gasteiger partial charge in [0.1, 0.15) is 19.4 Å². The Balaban J connectivity index is 1.61. The van der Waals surface area contributed by atoms with Crippen LogP contribution < -0.4 is 10.6 Å². The molecule has 0 spiro atoms. The number of aromatic hydroxyl groups is 1. The number of benzene rings is 2. The maximum atomic E-state index is 12.3. The molecule has 1 aliphatic rings. The van der Waals surface area contributed by atoms with E-state index >= 15 is 0 Å². The number of carbonyl (C=O) groups is 1. The van der Waals surface area contributed by atoms with Gasteiger partial charge in [-0.3, -0.25) is 7.91 Å². The van der Waals surface area contributed by atoms with Crippen molar-refractivity contribution in [2.75, 3.05) is 13.1 Å². The van der Waals surface area contributed by atoms with Crippen molar-refractivity contribution in [2.24, 2.45) is 0 Å². The molecular formula is C25H24BIN4O2. The Labute approximate surface area is 205 Å². The summed E-state index contributed by atoms with van der Waals surface area (Å²) in [5, 5.41) is 25.4. The van der Waals surface area contributed by atoms with E-state index in [2.05, 4.69) is 24.3 Å². The van der Waals surface area contributed by atoms with Crippen molar-refractivity contribution in [3.05, 3.63) is 94.9 Å². The Bertz CT molecular complexity index is 1180. The minimum Gasteiger partial charge on any atom is -0.507 e. The summed E-state index contributed by atoms with van der Waals surface area (Å²) in [5.41, 5.74) is 4.16. The number of nitriles is 1. The lowest BCUT2D eigenvalue weighted by atomic mass is 9.96. The Morgan fingerprint density at radius 1 is 1.21 bits per heavy atom. The summed E-state index contributed by atoms with van der Waals surface area (Å²) < 4.78 is 4.22. The molecule has 33 heavy (non-hydrogen) atoms. The van der Waals surface area contributed by atoms with Crippen molar-refractivity contribution in [3.63, 3.8) is 0 Å². The van der Waals surface area contributed by atoms with Crippen LogP contribution in [0.2, 0.25) is 0 Å². The van der Waals surface area contributed by atoms with Gasteiger partial charge in [0.25, 0.3) is 5.91 Å². The quantitative estimate of drug-likeness (QED) is 0.145. The molecule has 1 aliphatic heterocycles. The van der Waals surface area contributed by atoms with Gasteiger partial charge in [0.15, 0.2) is 0 Å². The molecule has 2 aromatic carbocycles. The minimum absolute atomic E-state index is 0.172. The van der Waals surface area contributed by atoms with Gasteiger partial charge in [0.05, 0.1) is 11.6 Å². The standard InChI is InChI=1S/C25H24BIN4O2/c1-17(21-6-3-4-7-23(21)32)14-24(31-18(2)22(26)15-27-31)29-12-5-13-30-25(33)20-10-8-19(16-28)9-11-20/h3-4,6-11,14-15,29,32H,1,5,12-13H2,2H3,(H,30,33)/b24-14-. The SMILES string of the molecule is [B]C1=C(C)N(/C(=C\C(=C)c2ccccc2O)NCCCNC(=O)c2ccc(C#N)cc2)I=C1. The monoisotopic (exact) mass is 550 g/mol. The Morgan fingerprint density at radius 3 is 2.55 bits per heavy atom. The zero-order valence-electron chi connectivity index (χ0n) is 18.3. The highest BCUT2D eigenvalue weighted by Crippen LogP contribution is 2.32. The highest BCUT2D eigenvalue weighted by atomic mass is 127. The van der Waals surface area contributed by atoms with E-state index in [1.807, 2.05) is 31.2 Å². The molecule has 3 rings (SSSR count). The molecule has 0 saturated heterocycles. The number of para-hydroxylation sites is 1. The normalized spacial score (nSPS) is 13.3. The van der Waals surface area contributed by atoms with Gasteiger partial charge in [0.2, 0.25) is 0 Å². The third kappa shape index (κ3) is 6.36. The average molecular weight is 550 g/mol. The molecule has 6 nitrogen and oxygen atoms in total. The third-order valence-electron chi connectivity index (χ3n) is 4.97. The lowest BCUT2D eigenvalue weighted by molar-refractivity contribution is 0.0953. The van der Waals surface area contributed by atoms with Crippen LogP contribution in [0, 0.1) is 11.3 Å².